The van der Waals surface area contributed by atoms with Gasteiger partial charge in [0.15, 0.2) is 0 Å². The molecule has 0 spiro atoms. The highest BCUT2D eigenvalue weighted by molar-refractivity contribution is 5.95. The molecule has 0 unspecified atom stereocenters. The van der Waals surface area contributed by atoms with Crippen LogP contribution in [0.2, 0.25) is 0 Å². The molecular formula is C12H14FN3O. The van der Waals surface area contributed by atoms with Crippen molar-refractivity contribution in [3.05, 3.63) is 29.6 Å². The van der Waals surface area contributed by atoms with Crippen molar-refractivity contribution in [3.8, 4) is 6.07 Å². The van der Waals surface area contributed by atoms with Crippen LogP contribution in [0.5, 0.6) is 0 Å². The molecule has 90 valence electrons. The third-order valence-electron chi connectivity index (χ3n) is 2.33. The van der Waals surface area contributed by atoms with E-state index in [1.165, 1.54) is 11.0 Å². The number of rotatable bonds is 4. The maximum Gasteiger partial charge on any atom is 0.254 e. The van der Waals surface area contributed by atoms with Gasteiger partial charge in [-0.05, 0) is 25.1 Å². The van der Waals surface area contributed by atoms with Crippen LogP contribution in [0.25, 0.3) is 0 Å². The molecule has 0 aliphatic rings. The number of hydrogen-bond acceptors (Lipinski definition) is 3. The van der Waals surface area contributed by atoms with Gasteiger partial charge in [-0.25, -0.2) is 4.39 Å². The monoisotopic (exact) mass is 235 g/mol. The van der Waals surface area contributed by atoms with Crippen molar-refractivity contribution in [2.45, 2.75) is 13.3 Å². The fourth-order valence-electron chi connectivity index (χ4n) is 1.51. The van der Waals surface area contributed by atoms with Gasteiger partial charge in [0.25, 0.3) is 5.91 Å². The lowest BCUT2D eigenvalue weighted by molar-refractivity contribution is 0.0767. The number of hydrogen-bond donors (Lipinski definition) is 1. The molecule has 1 amide bonds. The number of nitriles is 1. The zero-order chi connectivity index (χ0) is 12.8. The van der Waals surface area contributed by atoms with E-state index in [2.05, 4.69) is 0 Å². The number of carbonyl (C=O) groups is 1. The molecule has 1 aromatic rings. The first kappa shape index (κ1) is 13.0. The van der Waals surface area contributed by atoms with E-state index >= 15 is 0 Å². The summed E-state index contributed by atoms with van der Waals surface area (Å²) in [5, 5.41) is 8.48. The molecule has 17 heavy (non-hydrogen) atoms. The molecule has 0 heterocycles. The van der Waals surface area contributed by atoms with Crippen LogP contribution in [0.15, 0.2) is 18.2 Å². The average Bonchev–Trinajstić information content (AvgIpc) is 2.28. The van der Waals surface area contributed by atoms with Gasteiger partial charge >= 0.3 is 0 Å². The smallest absolute Gasteiger partial charge is 0.254 e. The van der Waals surface area contributed by atoms with Gasteiger partial charge in [0.2, 0.25) is 0 Å². The summed E-state index contributed by atoms with van der Waals surface area (Å²) in [5.74, 6) is -0.848. The Bertz CT molecular complexity index is 433. The normalized spacial score (nSPS) is 9.71. The first-order valence-electron chi connectivity index (χ1n) is 5.30. The Hall–Kier alpha value is -2.09. The Kier molecular flexibility index (Phi) is 4.46. The minimum Gasteiger partial charge on any atom is -0.399 e. The predicted octanol–water partition coefficient (Wildman–Crippen LogP) is 1.78. The maximum absolute atomic E-state index is 13.1. The van der Waals surface area contributed by atoms with Crippen molar-refractivity contribution in [3.63, 3.8) is 0 Å². The molecule has 0 saturated carbocycles. The lowest BCUT2D eigenvalue weighted by Crippen LogP contribution is -2.31. The molecule has 2 N–H and O–H groups in total. The summed E-state index contributed by atoms with van der Waals surface area (Å²) in [6.45, 7) is 2.61. The molecule has 5 heteroatoms. The van der Waals surface area contributed by atoms with Crippen LogP contribution in [-0.2, 0) is 0 Å². The van der Waals surface area contributed by atoms with E-state index in [0.29, 0.717) is 13.1 Å². The number of amides is 1. The lowest BCUT2D eigenvalue weighted by atomic mass is 10.1. The molecular weight excluding hydrogens is 221 g/mol. The van der Waals surface area contributed by atoms with E-state index in [-0.39, 0.29) is 23.6 Å². The van der Waals surface area contributed by atoms with Gasteiger partial charge in [-0.3, -0.25) is 4.79 Å². The zero-order valence-corrected chi connectivity index (χ0v) is 9.61. The Balaban J connectivity index is 2.90. The second-order valence-electron chi connectivity index (χ2n) is 3.57. The van der Waals surface area contributed by atoms with E-state index in [0.717, 1.165) is 12.1 Å². The number of nitrogens with two attached hydrogens (primary N) is 1. The van der Waals surface area contributed by atoms with Gasteiger partial charge < -0.3 is 10.6 Å². The van der Waals surface area contributed by atoms with Gasteiger partial charge in [-0.2, -0.15) is 5.26 Å². The molecule has 0 fully saturated rings. The fraction of sp³-hybridized carbons (Fsp3) is 0.333. The largest absolute Gasteiger partial charge is 0.399 e. The topological polar surface area (TPSA) is 70.1 Å². The van der Waals surface area contributed by atoms with Crippen molar-refractivity contribution >= 4 is 11.6 Å². The Morgan fingerprint density at radius 3 is 2.76 bits per heavy atom. The van der Waals surface area contributed by atoms with Crippen LogP contribution in [0, 0.1) is 17.1 Å². The molecule has 0 bridgehead atoms. The first-order chi connectivity index (χ1) is 8.08. The Morgan fingerprint density at radius 2 is 2.24 bits per heavy atom. The van der Waals surface area contributed by atoms with E-state index in [1.54, 1.807) is 6.92 Å². The molecule has 0 aliphatic carbocycles. The highest BCUT2D eigenvalue weighted by atomic mass is 19.1. The van der Waals surface area contributed by atoms with Crippen LogP contribution in [0.1, 0.15) is 23.7 Å². The standard InChI is InChI=1S/C12H14FN3O/c1-2-16(5-3-4-14)12(17)9-6-10(13)8-11(15)7-9/h6-8H,2-3,5,15H2,1H3. The molecule has 0 atom stereocenters. The summed E-state index contributed by atoms with van der Waals surface area (Å²) in [6, 6.07) is 5.70. The van der Waals surface area contributed by atoms with Crippen LogP contribution in [0.4, 0.5) is 10.1 Å². The van der Waals surface area contributed by atoms with E-state index in [4.69, 9.17) is 11.0 Å². The molecule has 1 aromatic carbocycles. The first-order valence-corrected chi connectivity index (χ1v) is 5.30. The molecule has 0 saturated heterocycles. The number of benzene rings is 1. The molecule has 1 rings (SSSR count). The van der Waals surface area contributed by atoms with Crippen molar-refractivity contribution in [2.75, 3.05) is 18.8 Å². The molecule has 4 nitrogen and oxygen atoms in total. The highest BCUT2D eigenvalue weighted by Crippen LogP contribution is 2.13. The summed E-state index contributed by atoms with van der Waals surface area (Å²) < 4.78 is 13.1. The summed E-state index contributed by atoms with van der Waals surface area (Å²) in [6.07, 6.45) is 0.254. The lowest BCUT2D eigenvalue weighted by Gasteiger charge is -2.19. The van der Waals surface area contributed by atoms with Crippen molar-refractivity contribution in [2.24, 2.45) is 0 Å². The second kappa shape index (κ2) is 5.85. The Morgan fingerprint density at radius 1 is 1.53 bits per heavy atom. The number of nitrogen functional groups attached to an aromatic ring is 1. The summed E-state index contributed by atoms with van der Waals surface area (Å²) >= 11 is 0. The zero-order valence-electron chi connectivity index (χ0n) is 9.61. The summed E-state index contributed by atoms with van der Waals surface area (Å²) in [5.41, 5.74) is 5.90. The van der Waals surface area contributed by atoms with Crippen LogP contribution in [-0.4, -0.2) is 23.9 Å². The van der Waals surface area contributed by atoms with Gasteiger partial charge in [-0.15, -0.1) is 0 Å². The Labute approximate surface area is 99.4 Å². The number of carbonyl (C=O) groups excluding carboxylic acids is 1. The van der Waals surface area contributed by atoms with Gasteiger partial charge in [0.05, 0.1) is 12.5 Å². The molecule has 0 aromatic heterocycles. The SMILES string of the molecule is CCN(CCC#N)C(=O)c1cc(N)cc(F)c1. The highest BCUT2D eigenvalue weighted by Gasteiger charge is 2.14. The molecule has 0 aliphatic heterocycles. The fourth-order valence-corrected chi connectivity index (χ4v) is 1.51. The van der Waals surface area contributed by atoms with Crippen LogP contribution >= 0.6 is 0 Å². The van der Waals surface area contributed by atoms with Crippen molar-refractivity contribution < 1.29 is 9.18 Å². The number of nitrogens with zero attached hydrogens (tertiary/aromatic N) is 2. The summed E-state index contributed by atoms with van der Waals surface area (Å²) in [4.78, 5) is 13.5. The van der Waals surface area contributed by atoms with E-state index in [9.17, 15) is 9.18 Å². The van der Waals surface area contributed by atoms with Gasteiger partial charge in [-0.1, -0.05) is 0 Å². The van der Waals surface area contributed by atoms with Gasteiger partial charge in [0.1, 0.15) is 5.82 Å². The minimum absolute atomic E-state index is 0.210. The average molecular weight is 235 g/mol. The van der Waals surface area contributed by atoms with Gasteiger partial charge in [0, 0.05) is 24.3 Å². The predicted molar refractivity (Wildman–Crippen MR) is 62.6 cm³/mol. The van der Waals surface area contributed by atoms with Crippen molar-refractivity contribution in [1.82, 2.24) is 4.90 Å². The minimum atomic E-state index is -0.537. The maximum atomic E-state index is 13.1. The van der Waals surface area contributed by atoms with E-state index < -0.39 is 5.82 Å². The number of halogens is 1. The van der Waals surface area contributed by atoms with Crippen molar-refractivity contribution in [1.29, 1.82) is 5.26 Å². The van der Waals surface area contributed by atoms with E-state index in [1.807, 2.05) is 6.07 Å². The quantitative estimate of drug-likeness (QED) is 0.809. The third kappa shape index (κ3) is 3.45. The number of anilines is 1. The van der Waals surface area contributed by atoms with Crippen LogP contribution in [0.3, 0.4) is 0 Å². The van der Waals surface area contributed by atoms with Crippen LogP contribution < -0.4 is 5.73 Å². The third-order valence-corrected chi connectivity index (χ3v) is 2.33. The second-order valence-corrected chi connectivity index (χ2v) is 3.57. The molecule has 0 radical (unpaired) electrons. The summed E-state index contributed by atoms with van der Waals surface area (Å²) in [7, 11) is 0.